The summed E-state index contributed by atoms with van der Waals surface area (Å²) in [6.45, 7) is 8.48. The molecule has 0 nitrogen and oxygen atoms in total. The first-order valence-corrected chi connectivity index (χ1v) is 6.26. The van der Waals surface area contributed by atoms with E-state index in [0.29, 0.717) is 12.0 Å². The lowest BCUT2D eigenvalue weighted by Gasteiger charge is -2.17. The molecule has 0 fully saturated rings. The number of rotatable bonds is 5. The van der Waals surface area contributed by atoms with Gasteiger partial charge in [0.25, 0.3) is 5.92 Å². The maximum atomic E-state index is 13.6. The minimum Gasteiger partial charge on any atom is -0.202 e. The molecule has 0 N–H and O–H groups in total. The minimum absolute atomic E-state index is 0.00227. The predicted molar refractivity (Wildman–Crippen MR) is 77.4 cm³/mol. The van der Waals surface area contributed by atoms with Gasteiger partial charge in [-0.25, -0.2) is 8.78 Å². The Morgan fingerprint density at radius 2 is 1.74 bits per heavy atom. The van der Waals surface area contributed by atoms with Gasteiger partial charge in [-0.3, -0.25) is 0 Å². The summed E-state index contributed by atoms with van der Waals surface area (Å²) in [4.78, 5) is 0. The van der Waals surface area contributed by atoms with E-state index in [1.807, 2.05) is 44.2 Å². The summed E-state index contributed by atoms with van der Waals surface area (Å²) in [5.41, 5.74) is 2.42. The SMILES string of the molecule is C=C(Cc1ccccc1)/C(=C\C=C(C)C)C(C)(F)F. The van der Waals surface area contributed by atoms with Crippen molar-refractivity contribution in [2.75, 3.05) is 0 Å². The van der Waals surface area contributed by atoms with Crippen LogP contribution >= 0.6 is 0 Å². The van der Waals surface area contributed by atoms with E-state index in [2.05, 4.69) is 6.58 Å². The van der Waals surface area contributed by atoms with Crippen LogP contribution in [0.15, 0.2) is 65.8 Å². The van der Waals surface area contributed by atoms with Crippen LogP contribution in [-0.2, 0) is 6.42 Å². The molecule has 0 saturated carbocycles. The molecule has 1 aromatic carbocycles. The maximum absolute atomic E-state index is 13.6. The first-order chi connectivity index (χ1) is 8.80. The van der Waals surface area contributed by atoms with Crippen LogP contribution in [-0.4, -0.2) is 5.92 Å². The fourth-order valence-electron chi connectivity index (χ4n) is 1.76. The number of halogens is 2. The summed E-state index contributed by atoms with van der Waals surface area (Å²) in [6, 6.07) is 9.52. The van der Waals surface area contributed by atoms with E-state index >= 15 is 0 Å². The van der Waals surface area contributed by atoms with Crippen LogP contribution in [0, 0.1) is 0 Å². The third-order valence-electron chi connectivity index (χ3n) is 2.70. The van der Waals surface area contributed by atoms with Crippen molar-refractivity contribution in [1.29, 1.82) is 0 Å². The molecule has 0 aliphatic carbocycles. The topological polar surface area (TPSA) is 0 Å². The lowest BCUT2D eigenvalue weighted by molar-refractivity contribution is 0.0657. The summed E-state index contributed by atoms with van der Waals surface area (Å²) in [5.74, 6) is -2.88. The van der Waals surface area contributed by atoms with Gasteiger partial charge in [-0.2, -0.15) is 0 Å². The number of hydrogen-bond donors (Lipinski definition) is 0. The molecule has 19 heavy (non-hydrogen) atoms. The van der Waals surface area contributed by atoms with Crippen LogP contribution in [0.3, 0.4) is 0 Å². The van der Waals surface area contributed by atoms with Crippen molar-refractivity contribution >= 4 is 0 Å². The molecule has 102 valence electrons. The molecule has 0 spiro atoms. The normalized spacial score (nSPS) is 12.2. The Hall–Kier alpha value is -1.70. The molecule has 0 heterocycles. The summed E-state index contributed by atoms with van der Waals surface area (Å²) >= 11 is 0. The van der Waals surface area contributed by atoms with E-state index in [9.17, 15) is 8.78 Å². The highest BCUT2D eigenvalue weighted by Gasteiger charge is 2.28. The first kappa shape index (κ1) is 15.4. The van der Waals surface area contributed by atoms with Crippen LogP contribution in [0.2, 0.25) is 0 Å². The van der Waals surface area contributed by atoms with Gasteiger partial charge in [0.05, 0.1) is 0 Å². The van der Waals surface area contributed by atoms with Crippen LogP contribution in [0.5, 0.6) is 0 Å². The molecule has 0 aliphatic rings. The summed E-state index contributed by atoms with van der Waals surface area (Å²) in [6.07, 6.45) is 3.61. The van der Waals surface area contributed by atoms with Crippen LogP contribution < -0.4 is 0 Å². The molecule has 0 atom stereocenters. The van der Waals surface area contributed by atoms with E-state index in [1.54, 1.807) is 6.08 Å². The molecule has 0 aliphatic heterocycles. The van der Waals surface area contributed by atoms with E-state index in [1.165, 1.54) is 6.08 Å². The lowest BCUT2D eigenvalue weighted by Crippen LogP contribution is -2.16. The molecule has 0 aromatic heterocycles. The van der Waals surface area contributed by atoms with Gasteiger partial charge in [0, 0.05) is 12.5 Å². The van der Waals surface area contributed by atoms with Gasteiger partial charge in [0.1, 0.15) is 0 Å². The van der Waals surface area contributed by atoms with Gasteiger partial charge >= 0.3 is 0 Å². The number of alkyl halides is 2. The zero-order valence-corrected chi connectivity index (χ0v) is 11.7. The summed E-state index contributed by atoms with van der Waals surface area (Å²) in [5, 5.41) is 0. The van der Waals surface area contributed by atoms with Crippen molar-refractivity contribution in [2.24, 2.45) is 0 Å². The second-order valence-electron chi connectivity index (χ2n) is 4.98. The van der Waals surface area contributed by atoms with Gasteiger partial charge in [-0.1, -0.05) is 54.6 Å². The largest absolute Gasteiger partial charge is 0.270 e. The zero-order chi connectivity index (χ0) is 14.5. The third kappa shape index (κ3) is 5.21. The zero-order valence-electron chi connectivity index (χ0n) is 11.7. The molecule has 0 bridgehead atoms. The standard InChI is InChI=1S/C17H20F2/c1-13(2)10-11-16(17(4,18)19)14(3)12-15-8-6-5-7-9-15/h5-11H,3,12H2,1-2,4H3/b16-11+. The van der Waals surface area contributed by atoms with Crippen molar-refractivity contribution in [2.45, 2.75) is 33.1 Å². The van der Waals surface area contributed by atoms with E-state index < -0.39 is 5.92 Å². The molecule has 0 unspecified atom stereocenters. The van der Waals surface area contributed by atoms with Crippen molar-refractivity contribution < 1.29 is 8.78 Å². The lowest BCUT2D eigenvalue weighted by atomic mass is 9.95. The van der Waals surface area contributed by atoms with Crippen LogP contribution in [0.25, 0.3) is 0 Å². The number of benzene rings is 1. The monoisotopic (exact) mass is 262 g/mol. The maximum Gasteiger partial charge on any atom is 0.270 e. The highest BCUT2D eigenvalue weighted by molar-refractivity contribution is 5.40. The number of hydrogen-bond acceptors (Lipinski definition) is 0. The molecule has 1 aromatic rings. The van der Waals surface area contributed by atoms with Crippen molar-refractivity contribution in [1.82, 2.24) is 0 Å². The average molecular weight is 262 g/mol. The molecular formula is C17H20F2. The van der Waals surface area contributed by atoms with Gasteiger partial charge in [0.2, 0.25) is 0 Å². The Balaban J connectivity index is 2.97. The minimum atomic E-state index is -2.88. The fraction of sp³-hybridized carbons (Fsp3) is 0.294. The summed E-state index contributed by atoms with van der Waals surface area (Å²) < 4.78 is 27.3. The van der Waals surface area contributed by atoms with Crippen LogP contribution in [0.1, 0.15) is 26.3 Å². The molecular weight excluding hydrogens is 242 g/mol. The van der Waals surface area contributed by atoms with Crippen molar-refractivity contribution in [3.63, 3.8) is 0 Å². The molecule has 0 amide bonds. The van der Waals surface area contributed by atoms with Gasteiger partial charge in [-0.05, 0) is 31.4 Å². The Morgan fingerprint density at radius 1 is 1.16 bits per heavy atom. The fourth-order valence-corrected chi connectivity index (χ4v) is 1.76. The molecule has 2 heteroatoms. The van der Waals surface area contributed by atoms with Gasteiger partial charge in [-0.15, -0.1) is 0 Å². The quantitative estimate of drug-likeness (QED) is 0.629. The van der Waals surface area contributed by atoms with Gasteiger partial charge < -0.3 is 0 Å². The second-order valence-corrected chi connectivity index (χ2v) is 4.98. The Labute approximate surface area is 114 Å². The van der Waals surface area contributed by atoms with Crippen LogP contribution in [0.4, 0.5) is 8.78 Å². The smallest absolute Gasteiger partial charge is 0.202 e. The van der Waals surface area contributed by atoms with Gasteiger partial charge in [0.15, 0.2) is 0 Å². The third-order valence-corrected chi connectivity index (χ3v) is 2.70. The average Bonchev–Trinajstić information content (AvgIpc) is 2.28. The Morgan fingerprint density at radius 3 is 2.21 bits per heavy atom. The predicted octanol–water partition coefficient (Wildman–Crippen LogP) is 5.33. The van der Waals surface area contributed by atoms with E-state index in [4.69, 9.17) is 0 Å². The van der Waals surface area contributed by atoms with E-state index in [-0.39, 0.29) is 5.57 Å². The van der Waals surface area contributed by atoms with Crippen molar-refractivity contribution in [3.05, 3.63) is 71.3 Å². The molecule has 0 saturated heterocycles. The molecule has 0 radical (unpaired) electrons. The summed E-state index contributed by atoms with van der Waals surface area (Å²) in [7, 11) is 0. The second kappa shape index (κ2) is 6.46. The molecule has 1 rings (SSSR count). The highest BCUT2D eigenvalue weighted by atomic mass is 19.3. The first-order valence-electron chi connectivity index (χ1n) is 6.26. The Bertz CT molecular complexity index is 484. The van der Waals surface area contributed by atoms with E-state index in [0.717, 1.165) is 18.1 Å². The number of allylic oxidation sites excluding steroid dienone is 5. The Kier molecular flexibility index (Phi) is 5.22. The van der Waals surface area contributed by atoms with Crippen molar-refractivity contribution in [3.8, 4) is 0 Å². The highest BCUT2D eigenvalue weighted by Crippen LogP contribution is 2.30.